The molecule has 1 atom stereocenters. The van der Waals surface area contributed by atoms with Gasteiger partial charge in [0.25, 0.3) is 5.91 Å². The van der Waals surface area contributed by atoms with Gasteiger partial charge in [-0.05, 0) is 35.9 Å². The second-order valence-corrected chi connectivity index (χ2v) is 7.86. The number of hydrogen-bond acceptors (Lipinski definition) is 6. The summed E-state index contributed by atoms with van der Waals surface area (Å²) in [7, 11) is 5.90. The molecule has 0 aliphatic carbocycles. The van der Waals surface area contributed by atoms with Crippen molar-refractivity contribution in [1.29, 1.82) is 0 Å². The van der Waals surface area contributed by atoms with Crippen LogP contribution >= 0.6 is 15.9 Å². The molecule has 7 nitrogen and oxygen atoms in total. The van der Waals surface area contributed by atoms with Crippen molar-refractivity contribution in [3.8, 4) is 17.2 Å². The van der Waals surface area contributed by atoms with Crippen molar-refractivity contribution in [2.75, 3.05) is 33.8 Å². The summed E-state index contributed by atoms with van der Waals surface area (Å²) in [6, 6.07) is 17.3. The molecular weight excluding hydrogens is 490 g/mol. The van der Waals surface area contributed by atoms with Crippen molar-refractivity contribution in [2.45, 2.75) is 6.10 Å². The zero-order valence-electron chi connectivity index (χ0n) is 18.7. The number of anilines is 1. The third kappa shape index (κ3) is 5.35. The molecule has 8 heteroatoms. The van der Waals surface area contributed by atoms with E-state index in [-0.39, 0.29) is 11.3 Å². The van der Waals surface area contributed by atoms with Gasteiger partial charge < -0.3 is 24.3 Å². The summed E-state index contributed by atoms with van der Waals surface area (Å²) in [5.74, 6) is 0.350. The lowest BCUT2D eigenvalue weighted by Gasteiger charge is -2.18. The number of halogens is 1. The number of carbonyl (C=O) groups excluding carboxylic acids is 2. The van der Waals surface area contributed by atoms with Gasteiger partial charge in [0, 0.05) is 22.7 Å². The van der Waals surface area contributed by atoms with Gasteiger partial charge in [-0.3, -0.25) is 9.59 Å². The van der Waals surface area contributed by atoms with E-state index >= 15 is 0 Å². The first kappa shape index (κ1) is 24.3. The van der Waals surface area contributed by atoms with Gasteiger partial charge >= 0.3 is 0 Å². The van der Waals surface area contributed by atoms with Gasteiger partial charge in [0.1, 0.15) is 0 Å². The fourth-order valence-corrected chi connectivity index (χ4v) is 3.76. The number of nitrogens with one attached hydrogen (secondary N) is 1. The highest BCUT2D eigenvalue weighted by molar-refractivity contribution is 9.10. The first-order valence-corrected chi connectivity index (χ1v) is 10.8. The summed E-state index contributed by atoms with van der Waals surface area (Å²) in [6.45, 7) is 0. The molecule has 3 aromatic rings. The number of methoxy groups -OCH3 is 4. The van der Waals surface area contributed by atoms with E-state index in [4.69, 9.17) is 18.9 Å². The first-order chi connectivity index (χ1) is 15.9. The third-order valence-corrected chi connectivity index (χ3v) is 5.48. The summed E-state index contributed by atoms with van der Waals surface area (Å²) in [6.07, 6.45) is -0.834. The predicted molar refractivity (Wildman–Crippen MR) is 128 cm³/mol. The van der Waals surface area contributed by atoms with E-state index in [9.17, 15) is 9.59 Å². The molecule has 0 saturated carbocycles. The SMILES string of the molecule is COc1cc(C(=O)c2cc(Br)ccc2NC(=O)C(OC)c2ccccc2)cc(OC)c1OC. The van der Waals surface area contributed by atoms with Gasteiger partial charge in [-0.25, -0.2) is 0 Å². The number of ether oxygens (including phenoxy) is 4. The molecule has 0 aromatic heterocycles. The highest BCUT2D eigenvalue weighted by Crippen LogP contribution is 2.39. The number of carbonyl (C=O) groups is 2. The Labute approximate surface area is 200 Å². The fourth-order valence-electron chi connectivity index (χ4n) is 3.40. The van der Waals surface area contributed by atoms with E-state index < -0.39 is 12.0 Å². The zero-order chi connectivity index (χ0) is 24.0. The summed E-state index contributed by atoms with van der Waals surface area (Å²) in [5, 5.41) is 2.82. The van der Waals surface area contributed by atoms with Crippen LogP contribution in [0.5, 0.6) is 17.2 Å². The van der Waals surface area contributed by atoms with Gasteiger partial charge in [-0.1, -0.05) is 46.3 Å². The maximum atomic E-state index is 13.5. The Morgan fingerprint density at radius 2 is 1.48 bits per heavy atom. The van der Waals surface area contributed by atoms with Crippen molar-refractivity contribution in [3.63, 3.8) is 0 Å². The molecular formula is C25H24BrNO6. The highest BCUT2D eigenvalue weighted by atomic mass is 79.9. The normalized spacial score (nSPS) is 11.4. The second-order valence-electron chi connectivity index (χ2n) is 6.95. The number of amides is 1. The molecule has 0 aliphatic rings. The molecule has 0 radical (unpaired) electrons. The van der Waals surface area contributed by atoms with Gasteiger partial charge in [-0.2, -0.15) is 0 Å². The summed E-state index contributed by atoms with van der Waals surface area (Å²) < 4.78 is 22.2. The van der Waals surface area contributed by atoms with Crippen molar-refractivity contribution < 1.29 is 28.5 Å². The van der Waals surface area contributed by atoms with Crippen molar-refractivity contribution >= 4 is 33.3 Å². The maximum absolute atomic E-state index is 13.5. The molecule has 0 aliphatic heterocycles. The molecule has 0 saturated heterocycles. The smallest absolute Gasteiger partial charge is 0.258 e. The Balaban J connectivity index is 1.99. The molecule has 3 rings (SSSR count). The number of ketones is 1. The average Bonchev–Trinajstić information content (AvgIpc) is 2.84. The van der Waals surface area contributed by atoms with Crippen LogP contribution < -0.4 is 19.5 Å². The van der Waals surface area contributed by atoms with E-state index in [1.165, 1.54) is 28.4 Å². The van der Waals surface area contributed by atoms with Crippen molar-refractivity contribution in [2.24, 2.45) is 0 Å². The Bertz CT molecular complexity index is 1120. The van der Waals surface area contributed by atoms with E-state index in [0.717, 1.165) is 0 Å². The monoisotopic (exact) mass is 513 g/mol. The molecule has 33 heavy (non-hydrogen) atoms. The summed E-state index contributed by atoms with van der Waals surface area (Å²) >= 11 is 3.40. The summed E-state index contributed by atoms with van der Waals surface area (Å²) in [5.41, 5.74) is 1.64. The Morgan fingerprint density at radius 3 is 2.03 bits per heavy atom. The van der Waals surface area contributed by atoms with E-state index in [1.54, 1.807) is 42.5 Å². The Hall–Kier alpha value is -3.36. The molecule has 0 bridgehead atoms. The van der Waals surface area contributed by atoms with Crippen molar-refractivity contribution in [1.82, 2.24) is 0 Å². The fraction of sp³-hybridized carbons (Fsp3) is 0.200. The maximum Gasteiger partial charge on any atom is 0.258 e. The van der Waals surface area contributed by atoms with Crippen LogP contribution in [0.3, 0.4) is 0 Å². The van der Waals surface area contributed by atoms with Crippen LogP contribution in [-0.4, -0.2) is 40.1 Å². The molecule has 1 unspecified atom stereocenters. The lowest BCUT2D eigenvalue weighted by Crippen LogP contribution is -2.23. The van der Waals surface area contributed by atoms with Crippen molar-refractivity contribution in [3.05, 3.63) is 81.8 Å². The van der Waals surface area contributed by atoms with Gasteiger partial charge in [-0.15, -0.1) is 0 Å². The number of hydrogen-bond donors (Lipinski definition) is 1. The average molecular weight is 514 g/mol. The quantitative estimate of drug-likeness (QED) is 0.404. The van der Waals surface area contributed by atoms with Crippen LogP contribution in [-0.2, 0) is 9.53 Å². The van der Waals surface area contributed by atoms with E-state index in [0.29, 0.717) is 38.5 Å². The molecule has 3 aromatic carbocycles. The van der Waals surface area contributed by atoms with Gasteiger partial charge in [0.2, 0.25) is 5.75 Å². The van der Waals surface area contributed by atoms with E-state index in [1.807, 2.05) is 18.2 Å². The minimum Gasteiger partial charge on any atom is -0.493 e. The second kappa shape index (κ2) is 11.0. The topological polar surface area (TPSA) is 83.1 Å². The van der Waals surface area contributed by atoms with Crippen LogP contribution in [0.2, 0.25) is 0 Å². The number of rotatable bonds is 9. The minimum atomic E-state index is -0.834. The molecule has 1 N–H and O–H groups in total. The molecule has 0 heterocycles. The molecule has 1 amide bonds. The predicted octanol–water partition coefficient (Wildman–Crippen LogP) is 5.03. The molecule has 172 valence electrons. The summed E-state index contributed by atoms with van der Waals surface area (Å²) in [4.78, 5) is 26.5. The standard InChI is InChI=1S/C25H24BrNO6/c1-30-20-12-16(13-21(31-2)24(20)33-4)22(28)18-14-17(26)10-11-19(18)27-25(29)23(32-3)15-8-6-5-7-9-15/h5-14,23H,1-4H3,(H,27,29). The van der Waals surface area contributed by atoms with Gasteiger partial charge in [0.15, 0.2) is 23.4 Å². The van der Waals surface area contributed by atoms with Crippen LogP contribution in [0.15, 0.2) is 65.1 Å². The van der Waals surface area contributed by atoms with E-state index in [2.05, 4.69) is 21.2 Å². The minimum absolute atomic E-state index is 0.287. The van der Waals surface area contributed by atoms with Crippen LogP contribution in [0.4, 0.5) is 5.69 Å². The lowest BCUT2D eigenvalue weighted by molar-refractivity contribution is -0.126. The van der Waals surface area contributed by atoms with Gasteiger partial charge in [0.05, 0.1) is 27.0 Å². The zero-order valence-corrected chi connectivity index (χ0v) is 20.3. The first-order valence-electron chi connectivity index (χ1n) is 9.96. The largest absolute Gasteiger partial charge is 0.493 e. The Kier molecular flexibility index (Phi) is 8.08. The molecule has 0 fully saturated rings. The van der Waals surface area contributed by atoms with Crippen LogP contribution in [0.25, 0.3) is 0 Å². The Morgan fingerprint density at radius 1 is 0.848 bits per heavy atom. The number of benzene rings is 3. The third-order valence-electron chi connectivity index (χ3n) is 4.99. The van der Waals surface area contributed by atoms with Crippen LogP contribution in [0, 0.1) is 0 Å². The highest BCUT2D eigenvalue weighted by Gasteiger charge is 2.24. The van der Waals surface area contributed by atoms with Crippen LogP contribution in [0.1, 0.15) is 27.6 Å². The molecule has 0 spiro atoms. The lowest BCUT2D eigenvalue weighted by atomic mass is 10.00.